The van der Waals surface area contributed by atoms with Crippen molar-refractivity contribution in [2.24, 2.45) is 5.92 Å². The number of halogens is 1. The molecule has 6 heteroatoms. The summed E-state index contributed by atoms with van der Waals surface area (Å²) < 4.78 is 6.85. The van der Waals surface area contributed by atoms with Crippen LogP contribution in [0.15, 0.2) is 28.1 Å². The van der Waals surface area contributed by atoms with Crippen LogP contribution in [0.25, 0.3) is 0 Å². The van der Waals surface area contributed by atoms with E-state index in [4.69, 9.17) is 10.5 Å². The maximum absolute atomic E-state index is 5.90. The molecule has 2 aromatic heterocycles. The third-order valence-electron chi connectivity index (χ3n) is 3.35. The van der Waals surface area contributed by atoms with Gasteiger partial charge in [-0.05, 0) is 65.4 Å². The molecule has 21 heavy (non-hydrogen) atoms. The molecule has 0 aromatic carbocycles. The molecule has 0 atom stereocenters. The van der Waals surface area contributed by atoms with Crippen LogP contribution < -0.4 is 15.8 Å². The predicted octanol–water partition coefficient (Wildman–Crippen LogP) is 3.93. The van der Waals surface area contributed by atoms with Crippen molar-refractivity contribution in [2.45, 2.75) is 19.3 Å². The van der Waals surface area contributed by atoms with Crippen LogP contribution in [0.3, 0.4) is 0 Å². The van der Waals surface area contributed by atoms with E-state index < -0.39 is 0 Å². The Kier molecular flexibility index (Phi) is 4.65. The number of nitrogens with zero attached hydrogens (tertiary/aromatic N) is 1. The summed E-state index contributed by atoms with van der Waals surface area (Å²) >= 11 is 5.23. The molecule has 4 nitrogen and oxygen atoms in total. The number of aromatic nitrogens is 1. The van der Waals surface area contributed by atoms with Crippen LogP contribution in [0.5, 0.6) is 5.88 Å². The third kappa shape index (κ3) is 4.35. The number of hydrogen-bond donors (Lipinski definition) is 2. The molecule has 1 fully saturated rings. The summed E-state index contributed by atoms with van der Waals surface area (Å²) in [5.74, 6) is 2.05. The van der Waals surface area contributed by atoms with Crippen molar-refractivity contribution in [3.63, 3.8) is 0 Å². The Morgan fingerprint density at radius 2 is 2.19 bits per heavy atom. The molecular formula is C15H18BrN3OS. The van der Waals surface area contributed by atoms with Crippen molar-refractivity contribution in [3.8, 4) is 5.88 Å². The number of thiophene rings is 1. The van der Waals surface area contributed by atoms with Crippen molar-refractivity contribution < 1.29 is 4.74 Å². The van der Waals surface area contributed by atoms with Crippen LogP contribution in [0.4, 0.5) is 11.5 Å². The predicted molar refractivity (Wildman–Crippen MR) is 91.1 cm³/mol. The van der Waals surface area contributed by atoms with E-state index in [2.05, 4.69) is 38.4 Å². The molecule has 1 aliphatic carbocycles. The number of hydrogen-bond acceptors (Lipinski definition) is 5. The number of anilines is 2. The summed E-state index contributed by atoms with van der Waals surface area (Å²) in [6.45, 7) is 1.57. The maximum atomic E-state index is 5.90. The highest BCUT2D eigenvalue weighted by molar-refractivity contribution is 9.11. The summed E-state index contributed by atoms with van der Waals surface area (Å²) in [6.07, 6.45) is 3.49. The largest absolute Gasteiger partial charge is 0.476 e. The SMILES string of the molecule is Nc1ccc(NCCc2ccc(Br)s2)nc1OCC1CC1. The van der Waals surface area contributed by atoms with E-state index in [1.807, 2.05) is 12.1 Å². The second-order valence-electron chi connectivity index (χ2n) is 5.23. The van der Waals surface area contributed by atoms with Gasteiger partial charge in [-0.15, -0.1) is 11.3 Å². The smallest absolute Gasteiger partial charge is 0.239 e. The average Bonchev–Trinajstić information content (AvgIpc) is 3.21. The third-order valence-corrected chi connectivity index (χ3v) is 5.03. The minimum atomic E-state index is 0.547. The topological polar surface area (TPSA) is 60.2 Å². The Bertz CT molecular complexity index is 613. The summed E-state index contributed by atoms with van der Waals surface area (Å²) in [5, 5.41) is 3.32. The molecule has 0 aliphatic heterocycles. The Morgan fingerprint density at radius 1 is 1.33 bits per heavy atom. The zero-order valence-corrected chi connectivity index (χ0v) is 14.0. The number of nitrogen functional groups attached to an aromatic ring is 1. The van der Waals surface area contributed by atoms with Gasteiger partial charge in [-0.25, -0.2) is 0 Å². The van der Waals surface area contributed by atoms with E-state index >= 15 is 0 Å². The number of rotatable bonds is 7. The van der Waals surface area contributed by atoms with Crippen LogP contribution in [-0.4, -0.2) is 18.1 Å². The standard InChI is InChI=1S/C15H18BrN3OS/c16-13-5-3-11(21-13)7-8-18-14-6-4-12(17)15(19-14)20-9-10-1-2-10/h3-6,10H,1-2,7-9,17H2,(H,18,19). The highest BCUT2D eigenvalue weighted by atomic mass is 79.9. The van der Waals surface area contributed by atoms with E-state index in [0.29, 0.717) is 17.5 Å². The van der Waals surface area contributed by atoms with Crippen molar-refractivity contribution >= 4 is 38.8 Å². The second-order valence-corrected chi connectivity index (χ2v) is 7.78. The molecule has 0 bridgehead atoms. The first-order chi connectivity index (χ1) is 10.2. The number of nitrogens with one attached hydrogen (secondary N) is 1. The molecule has 1 saturated carbocycles. The molecule has 0 unspecified atom stereocenters. The van der Waals surface area contributed by atoms with E-state index in [9.17, 15) is 0 Å². The first-order valence-corrected chi connectivity index (χ1v) is 8.69. The molecule has 1 aliphatic rings. The minimum absolute atomic E-state index is 0.547. The summed E-state index contributed by atoms with van der Waals surface area (Å²) in [6, 6.07) is 7.95. The lowest BCUT2D eigenvalue weighted by molar-refractivity contribution is 0.290. The molecule has 0 saturated heterocycles. The lowest BCUT2D eigenvalue weighted by Gasteiger charge is -2.10. The molecule has 2 heterocycles. The normalized spacial score (nSPS) is 14.1. The van der Waals surface area contributed by atoms with Crippen LogP contribution in [-0.2, 0) is 6.42 Å². The van der Waals surface area contributed by atoms with Gasteiger partial charge in [0, 0.05) is 11.4 Å². The number of ether oxygens (including phenoxy) is 1. The van der Waals surface area contributed by atoms with Gasteiger partial charge in [0.05, 0.1) is 16.1 Å². The molecule has 0 amide bonds. The lowest BCUT2D eigenvalue weighted by atomic mass is 10.3. The highest BCUT2D eigenvalue weighted by Gasteiger charge is 2.22. The fourth-order valence-corrected chi connectivity index (χ4v) is 3.43. The van der Waals surface area contributed by atoms with Crippen molar-refractivity contribution in [2.75, 3.05) is 24.2 Å². The van der Waals surface area contributed by atoms with Crippen LogP contribution in [0, 0.1) is 5.92 Å². The van der Waals surface area contributed by atoms with Gasteiger partial charge in [0.2, 0.25) is 5.88 Å². The van der Waals surface area contributed by atoms with Crippen molar-refractivity contribution in [1.82, 2.24) is 4.98 Å². The van der Waals surface area contributed by atoms with Gasteiger partial charge in [0.1, 0.15) is 5.82 Å². The monoisotopic (exact) mass is 367 g/mol. The zero-order valence-electron chi connectivity index (χ0n) is 11.6. The van der Waals surface area contributed by atoms with Gasteiger partial charge >= 0.3 is 0 Å². The summed E-state index contributed by atoms with van der Waals surface area (Å²) in [5.41, 5.74) is 6.50. The maximum Gasteiger partial charge on any atom is 0.239 e. The molecule has 3 rings (SSSR count). The molecule has 0 spiro atoms. The van der Waals surface area contributed by atoms with E-state index in [1.54, 1.807) is 11.3 Å². The van der Waals surface area contributed by atoms with E-state index in [-0.39, 0.29) is 0 Å². The van der Waals surface area contributed by atoms with Gasteiger partial charge < -0.3 is 15.8 Å². The number of nitrogens with two attached hydrogens (primary N) is 1. The molecule has 0 radical (unpaired) electrons. The van der Waals surface area contributed by atoms with Gasteiger partial charge in [0.15, 0.2) is 0 Å². The lowest BCUT2D eigenvalue weighted by Crippen LogP contribution is -2.08. The van der Waals surface area contributed by atoms with Gasteiger partial charge in [0.25, 0.3) is 0 Å². The summed E-state index contributed by atoms with van der Waals surface area (Å²) in [4.78, 5) is 5.79. The Labute approximate surface area is 136 Å². The Hall–Kier alpha value is -1.27. The zero-order chi connectivity index (χ0) is 14.7. The molecule has 112 valence electrons. The Balaban J connectivity index is 1.53. The summed E-state index contributed by atoms with van der Waals surface area (Å²) in [7, 11) is 0. The van der Waals surface area contributed by atoms with Gasteiger partial charge in [-0.2, -0.15) is 4.98 Å². The second kappa shape index (κ2) is 6.66. The van der Waals surface area contributed by atoms with Crippen LogP contribution >= 0.6 is 27.3 Å². The fraction of sp³-hybridized carbons (Fsp3) is 0.400. The molecular weight excluding hydrogens is 350 g/mol. The van der Waals surface area contributed by atoms with E-state index in [1.165, 1.54) is 21.5 Å². The quantitative estimate of drug-likeness (QED) is 0.778. The van der Waals surface area contributed by atoms with Gasteiger partial charge in [-0.1, -0.05) is 0 Å². The number of pyridine rings is 1. The van der Waals surface area contributed by atoms with Crippen LogP contribution in [0.1, 0.15) is 17.7 Å². The molecule has 2 aromatic rings. The van der Waals surface area contributed by atoms with Crippen molar-refractivity contribution in [3.05, 3.63) is 32.9 Å². The Morgan fingerprint density at radius 3 is 2.90 bits per heavy atom. The van der Waals surface area contributed by atoms with E-state index in [0.717, 1.165) is 25.4 Å². The first kappa shape index (κ1) is 14.7. The minimum Gasteiger partial charge on any atom is -0.476 e. The molecule has 3 N–H and O–H groups in total. The van der Waals surface area contributed by atoms with Crippen molar-refractivity contribution in [1.29, 1.82) is 0 Å². The fourth-order valence-electron chi connectivity index (χ4n) is 1.95. The van der Waals surface area contributed by atoms with Crippen LogP contribution in [0.2, 0.25) is 0 Å². The average molecular weight is 368 g/mol. The highest BCUT2D eigenvalue weighted by Crippen LogP contribution is 2.30. The first-order valence-electron chi connectivity index (χ1n) is 7.08. The van der Waals surface area contributed by atoms with Gasteiger partial charge in [-0.3, -0.25) is 0 Å².